The van der Waals surface area contributed by atoms with Gasteiger partial charge in [0, 0.05) is 23.4 Å². The number of primary amides is 1. The number of benzene rings is 1. The molecule has 24 heavy (non-hydrogen) atoms. The molecular weight excluding hydrogens is 320 g/mol. The number of aryl methyl sites for hydroxylation is 1. The van der Waals surface area contributed by atoms with Gasteiger partial charge in [0.25, 0.3) is 0 Å². The molecule has 1 amide bonds. The van der Waals surface area contributed by atoms with Crippen LogP contribution >= 0.6 is 11.3 Å². The monoisotopic (exact) mass is 338 g/mol. The molecule has 2 aromatic heterocycles. The molecule has 1 aromatic carbocycles. The third-order valence-electron chi connectivity index (χ3n) is 4.43. The zero-order valence-corrected chi connectivity index (χ0v) is 14.2. The Morgan fingerprint density at radius 2 is 2.08 bits per heavy atom. The van der Waals surface area contributed by atoms with Gasteiger partial charge in [-0.15, -0.1) is 11.3 Å². The number of para-hydroxylation sites is 1. The van der Waals surface area contributed by atoms with Crippen molar-refractivity contribution < 1.29 is 4.79 Å². The van der Waals surface area contributed by atoms with Crippen molar-refractivity contribution in [2.45, 2.75) is 13.3 Å². The van der Waals surface area contributed by atoms with Crippen molar-refractivity contribution in [3.05, 3.63) is 41.3 Å². The standard InChI is InChI=1S/C18H18N4OS/c1-11-6-7-15(24-11)17-20-14-5-3-2-4-13(14)18(21-17)22-9-8-12(10-22)16(19)23/h2-7,12H,8-10H2,1H3,(H2,19,23). The smallest absolute Gasteiger partial charge is 0.222 e. The molecule has 1 aliphatic rings. The minimum absolute atomic E-state index is 0.105. The van der Waals surface area contributed by atoms with E-state index < -0.39 is 0 Å². The molecule has 1 atom stereocenters. The van der Waals surface area contributed by atoms with E-state index in [0.717, 1.165) is 40.4 Å². The van der Waals surface area contributed by atoms with Crippen molar-refractivity contribution in [1.29, 1.82) is 0 Å². The van der Waals surface area contributed by atoms with Gasteiger partial charge in [-0.3, -0.25) is 4.79 Å². The molecular formula is C18H18N4OS. The molecule has 2 N–H and O–H groups in total. The lowest BCUT2D eigenvalue weighted by Gasteiger charge is -2.19. The van der Waals surface area contributed by atoms with E-state index in [4.69, 9.17) is 15.7 Å². The van der Waals surface area contributed by atoms with Gasteiger partial charge in [-0.1, -0.05) is 12.1 Å². The number of hydrogen-bond donors (Lipinski definition) is 1. The van der Waals surface area contributed by atoms with Crippen LogP contribution in [0.25, 0.3) is 21.6 Å². The largest absolute Gasteiger partial charge is 0.369 e. The maximum atomic E-state index is 11.5. The van der Waals surface area contributed by atoms with Crippen LogP contribution in [-0.4, -0.2) is 29.0 Å². The van der Waals surface area contributed by atoms with Crippen LogP contribution in [0.4, 0.5) is 5.82 Å². The van der Waals surface area contributed by atoms with E-state index in [2.05, 4.69) is 24.0 Å². The molecule has 3 heterocycles. The lowest BCUT2D eigenvalue weighted by atomic mass is 10.1. The summed E-state index contributed by atoms with van der Waals surface area (Å²) in [4.78, 5) is 25.5. The van der Waals surface area contributed by atoms with Crippen LogP contribution in [0.2, 0.25) is 0 Å². The Hall–Kier alpha value is -2.47. The number of nitrogens with zero attached hydrogens (tertiary/aromatic N) is 3. The summed E-state index contributed by atoms with van der Waals surface area (Å²) >= 11 is 1.69. The van der Waals surface area contributed by atoms with Gasteiger partial charge < -0.3 is 10.6 Å². The average molecular weight is 338 g/mol. The highest BCUT2D eigenvalue weighted by Crippen LogP contribution is 2.32. The van der Waals surface area contributed by atoms with Crippen LogP contribution in [0.5, 0.6) is 0 Å². The molecule has 1 saturated heterocycles. The molecule has 4 rings (SSSR count). The van der Waals surface area contributed by atoms with E-state index in [1.165, 1.54) is 4.88 Å². The highest BCUT2D eigenvalue weighted by Gasteiger charge is 2.29. The summed E-state index contributed by atoms with van der Waals surface area (Å²) in [7, 11) is 0. The Balaban J connectivity index is 1.83. The average Bonchev–Trinajstić information content (AvgIpc) is 3.23. The first-order valence-electron chi connectivity index (χ1n) is 7.99. The lowest BCUT2D eigenvalue weighted by molar-refractivity contribution is -0.121. The second-order valence-electron chi connectivity index (χ2n) is 6.13. The Morgan fingerprint density at radius 3 is 2.79 bits per heavy atom. The van der Waals surface area contributed by atoms with Crippen LogP contribution in [0.3, 0.4) is 0 Å². The van der Waals surface area contributed by atoms with E-state index in [1.54, 1.807) is 11.3 Å². The summed E-state index contributed by atoms with van der Waals surface area (Å²) in [5.41, 5.74) is 6.40. The molecule has 1 fully saturated rings. The number of fused-ring (bicyclic) bond motifs is 1. The number of thiophene rings is 1. The van der Waals surface area contributed by atoms with Gasteiger partial charge in [-0.25, -0.2) is 9.97 Å². The topological polar surface area (TPSA) is 72.1 Å². The first-order chi connectivity index (χ1) is 11.6. The zero-order valence-electron chi connectivity index (χ0n) is 13.4. The van der Waals surface area contributed by atoms with E-state index in [1.807, 2.05) is 24.3 Å². The number of anilines is 1. The number of hydrogen-bond acceptors (Lipinski definition) is 5. The normalized spacial score (nSPS) is 17.5. The molecule has 0 saturated carbocycles. The van der Waals surface area contributed by atoms with Crippen molar-refractivity contribution in [1.82, 2.24) is 9.97 Å². The summed E-state index contributed by atoms with van der Waals surface area (Å²) in [6.07, 6.45) is 0.779. The SMILES string of the molecule is Cc1ccc(-c2nc(N3CCC(C(N)=O)C3)c3ccccc3n2)s1. The van der Waals surface area contributed by atoms with Crippen LogP contribution in [-0.2, 0) is 4.79 Å². The summed E-state index contributed by atoms with van der Waals surface area (Å²) in [5, 5.41) is 1.01. The highest BCUT2D eigenvalue weighted by atomic mass is 32.1. The summed E-state index contributed by atoms with van der Waals surface area (Å²) in [6.45, 7) is 3.49. The molecule has 0 aliphatic carbocycles. The van der Waals surface area contributed by atoms with Crippen LogP contribution in [0, 0.1) is 12.8 Å². The Kier molecular flexibility index (Phi) is 3.69. The Morgan fingerprint density at radius 1 is 1.25 bits per heavy atom. The third kappa shape index (κ3) is 2.63. The van der Waals surface area contributed by atoms with Crippen LogP contribution < -0.4 is 10.6 Å². The summed E-state index contributed by atoms with van der Waals surface area (Å²) < 4.78 is 0. The van der Waals surface area contributed by atoms with Gasteiger partial charge in [-0.2, -0.15) is 0 Å². The number of carbonyl (C=O) groups is 1. The fourth-order valence-electron chi connectivity index (χ4n) is 3.15. The molecule has 0 radical (unpaired) electrons. The number of amides is 1. The van der Waals surface area contributed by atoms with Gasteiger partial charge in [-0.05, 0) is 37.6 Å². The number of aromatic nitrogens is 2. The summed E-state index contributed by atoms with van der Waals surface area (Å²) in [6, 6.07) is 12.2. The van der Waals surface area contributed by atoms with Gasteiger partial charge in [0.15, 0.2) is 5.82 Å². The van der Waals surface area contributed by atoms with Crippen molar-refractivity contribution in [3.8, 4) is 10.7 Å². The van der Waals surface area contributed by atoms with Gasteiger partial charge in [0.05, 0.1) is 16.3 Å². The third-order valence-corrected chi connectivity index (χ3v) is 5.43. The second kappa shape index (κ2) is 5.87. The number of rotatable bonds is 3. The molecule has 1 unspecified atom stereocenters. The maximum Gasteiger partial charge on any atom is 0.222 e. The van der Waals surface area contributed by atoms with Crippen molar-refractivity contribution in [3.63, 3.8) is 0 Å². The number of nitrogens with two attached hydrogens (primary N) is 1. The van der Waals surface area contributed by atoms with Crippen molar-refractivity contribution in [2.24, 2.45) is 11.7 Å². The first kappa shape index (κ1) is 15.1. The highest BCUT2D eigenvalue weighted by molar-refractivity contribution is 7.15. The molecule has 0 spiro atoms. The minimum Gasteiger partial charge on any atom is -0.369 e. The van der Waals surface area contributed by atoms with Gasteiger partial charge >= 0.3 is 0 Å². The quantitative estimate of drug-likeness (QED) is 0.797. The molecule has 1 aliphatic heterocycles. The fourth-order valence-corrected chi connectivity index (χ4v) is 3.95. The van der Waals surface area contributed by atoms with Crippen molar-refractivity contribution in [2.75, 3.05) is 18.0 Å². The second-order valence-corrected chi connectivity index (χ2v) is 7.42. The molecule has 122 valence electrons. The number of carbonyl (C=O) groups excluding carboxylic acids is 1. The van der Waals surface area contributed by atoms with Gasteiger partial charge in [0.2, 0.25) is 5.91 Å². The van der Waals surface area contributed by atoms with Crippen LogP contribution in [0.1, 0.15) is 11.3 Å². The van der Waals surface area contributed by atoms with E-state index in [0.29, 0.717) is 6.54 Å². The minimum atomic E-state index is -0.232. The fraction of sp³-hybridized carbons (Fsp3) is 0.278. The maximum absolute atomic E-state index is 11.5. The van der Waals surface area contributed by atoms with E-state index >= 15 is 0 Å². The predicted octanol–water partition coefficient (Wildman–Crippen LogP) is 2.98. The lowest BCUT2D eigenvalue weighted by Crippen LogP contribution is -2.28. The molecule has 5 nitrogen and oxygen atoms in total. The van der Waals surface area contributed by atoms with Crippen molar-refractivity contribution >= 4 is 34.0 Å². The molecule has 3 aromatic rings. The van der Waals surface area contributed by atoms with Crippen LogP contribution in [0.15, 0.2) is 36.4 Å². The van der Waals surface area contributed by atoms with E-state index in [9.17, 15) is 4.79 Å². The van der Waals surface area contributed by atoms with Gasteiger partial charge in [0.1, 0.15) is 5.82 Å². The predicted molar refractivity (Wildman–Crippen MR) is 97.1 cm³/mol. The molecule has 0 bridgehead atoms. The molecule has 6 heteroatoms. The summed E-state index contributed by atoms with van der Waals surface area (Å²) in [5.74, 6) is 1.30. The Labute approximate surface area is 144 Å². The zero-order chi connectivity index (χ0) is 16.7. The Bertz CT molecular complexity index is 920. The first-order valence-corrected chi connectivity index (χ1v) is 8.81. The van der Waals surface area contributed by atoms with E-state index in [-0.39, 0.29) is 11.8 Å².